The molecule has 4 nitrogen and oxygen atoms in total. The summed E-state index contributed by atoms with van der Waals surface area (Å²) in [5, 5.41) is 8.94. The van der Waals surface area contributed by atoms with E-state index >= 15 is 0 Å². The predicted octanol–water partition coefficient (Wildman–Crippen LogP) is 5.36. The highest BCUT2D eigenvalue weighted by Crippen LogP contribution is 2.37. The summed E-state index contributed by atoms with van der Waals surface area (Å²) < 4.78 is 79.5. The zero-order valence-electron chi connectivity index (χ0n) is 17.1. The van der Waals surface area contributed by atoms with E-state index in [9.17, 15) is 31.1 Å². The summed E-state index contributed by atoms with van der Waals surface area (Å²) in [6, 6.07) is 8.29. The summed E-state index contributed by atoms with van der Waals surface area (Å²) in [4.78, 5) is 14.4. The van der Waals surface area contributed by atoms with Crippen molar-refractivity contribution in [2.75, 3.05) is 32.7 Å². The lowest BCUT2D eigenvalue weighted by Gasteiger charge is -2.39. The highest BCUT2D eigenvalue weighted by atomic mass is 35.5. The molecule has 0 spiro atoms. The third kappa shape index (κ3) is 7.49. The third-order valence-electron chi connectivity index (χ3n) is 5.19. The van der Waals surface area contributed by atoms with Crippen LogP contribution in [0.3, 0.4) is 0 Å². The maximum Gasteiger partial charge on any atom is 0.416 e. The van der Waals surface area contributed by atoms with Gasteiger partial charge in [-0.25, -0.2) is 0 Å². The molecule has 0 atom stereocenters. The third-order valence-corrected chi connectivity index (χ3v) is 5.19. The summed E-state index contributed by atoms with van der Waals surface area (Å²) in [6.07, 6.45) is -9.18. The molecule has 0 amide bonds. The maximum absolute atomic E-state index is 13.2. The van der Waals surface area contributed by atoms with E-state index in [1.165, 1.54) is 24.3 Å². The molecule has 12 heteroatoms. The van der Waals surface area contributed by atoms with E-state index < -0.39 is 35.5 Å². The smallest absolute Gasteiger partial charge is 0.416 e. The first-order chi connectivity index (χ1) is 14.4. The van der Waals surface area contributed by atoms with Crippen LogP contribution in [0, 0.1) is 0 Å². The first-order valence-electron chi connectivity index (χ1n) is 9.47. The van der Waals surface area contributed by atoms with E-state index in [1.807, 2.05) is 0 Å². The summed E-state index contributed by atoms with van der Waals surface area (Å²) >= 11 is 0. The van der Waals surface area contributed by atoms with E-state index in [1.54, 1.807) is 9.80 Å². The number of aliphatic carboxylic acids is 1. The van der Waals surface area contributed by atoms with E-state index in [2.05, 4.69) is 0 Å². The molecular weight excluding hydrogens is 497 g/mol. The molecule has 0 radical (unpaired) electrons. The zero-order valence-corrected chi connectivity index (χ0v) is 18.7. The molecule has 0 aliphatic carbocycles. The Morgan fingerprint density at radius 2 is 1.24 bits per heavy atom. The molecule has 0 saturated carbocycles. The Balaban J connectivity index is 0.00000272. The Labute approximate surface area is 199 Å². The van der Waals surface area contributed by atoms with Crippen LogP contribution in [0.2, 0.25) is 0 Å². The van der Waals surface area contributed by atoms with Crippen LogP contribution in [0.1, 0.15) is 28.3 Å². The van der Waals surface area contributed by atoms with Crippen molar-refractivity contribution in [1.29, 1.82) is 0 Å². The molecule has 0 aromatic heterocycles. The van der Waals surface area contributed by atoms with Crippen LogP contribution in [-0.2, 0) is 17.1 Å². The number of carbonyl (C=O) groups is 1. The summed E-state index contributed by atoms with van der Waals surface area (Å²) in [5.41, 5.74) is -1.32. The Morgan fingerprint density at radius 1 is 0.818 bits per heavy atom. The van der Waals surface area contributed by atoms with Gasteiger partial charge >= 0.3 is 18.3 Å². The minimum atomic E-state index is -4.59. The van der Waals surface area contributed by atoms with Crippen molar-refractivity contribution in [2.45, 2.75) is 18.4 Å². The molecule has 3 rings (SSSR count). The van der Waals surface area contributed by atoms with E-state index in [-0.39, 0.29) is 42.5 Å². The van der Waals surface area contributed by atoms with Gasteiger partial charge in [-0.05, 0) is 35.4 Å². The predicted molar refractivity (Wildman–Crippen MR) is 115 cm³/mol. The van der Waals surface area contributed by atoms with Gasteiger partial charge in [0.25, 0.3) is 0 Å². The molecule has 1 aliphatic heterocycles. The molecule has 0 unspecified atom stereocenters. The number of nitrogens with zero attached hydrogens (tertiary/aromatic N) is 2. The SMILES string of the molecule is Cl.Cl.O=C(O)CN1CCN(C(c2cccc(C(F)(F)F)c2)c2cccc(C(F)(F)F)c2)CC1. The van der Waals surface area contributed by atoms with Crippen LogP contribution in [0.5, 0.6) is 0 Å². The monoisotopic (exact) mass is 518 g/mol. The molecule has 2 aromatic carbocycles. The maximum atomic E-state index is 13.2. The molecule has 0 bridgehead atoms. The second-order valence-corrected chi connectivity index (χ2v) is 7.35. The number of hydrogen-bond donors (Lipinski definition) is 1. The minimum Gasteiger partial charge on any atom is -0.480 e. The minimum absolute atomic E-state index is 0. The number of hydrogen-bond acceptors (Lipinski definition) is 3. The fraction of sp³-hybridized carbons (Fsp3) is 0.381. The number of benzene rings is 2. The number of carboxylic acid groups (broad SMARTS) is 1. The lowest BCUT2D eigenvalue weighted by atomic mass is 9.93. The van der Waals surface area contributed by atoms with Crippen molar-refractivity contribution in [3.8, 4) is 0 Å². The standard InChI is InChI=1S/C21H20F6N2O2.2ClH/c22-20(23,24)16-5-1-3-14(11-16)19(15-4-2-6-17(12-15)21(25,26)27)29-9-7-28(8-10-29)13-18(30)31;;/h1-6,11-12,19H,7-10,13H2,(H,30,31);2*1H. The van der Waals surface area contributed by atoms with Crippen molar-refractivity contribution >= 4 is 30.8 Å². The molecule has 2 aromatic rings. The highest BCUT2D eigenvalue weighted by molar-refractivity contribution is 5.85. The summed E-state index contributed by atoms with van der Waals surface area (Å²) in [5.74, 6) is -0.999. The largest absolute Gasteiger partial charge is 0.480 e. The molecule has 33 heavy (non-hydrogen) atoms. The van der Waals surface area contributed by atoms with Crippen LogP contribution in [-0.4, -0.2) is 53.6 Å². The lowest BCUT2D eigenvalue weighted by molar-refractivity contribution is -0.139. The van der Waals surface area contributed by atoms with Crippen LogP contribution >= 0.6 is 24.8 Å². The van der Waals surface area contributed by atoms with Crippen molar-refractivity contribution in [2.24, 2.45) is 0 Å². The Morgan fingerprint density at radius 3 is 1.61 bits per heavy atom. The quantitative estimate of drug-likeness (QED) is 0.541. The van der Waals surface area contributed by atoms with Gasteiger partial charge in [0.15, 0.2) is 0 Å². The van der Waals surface area contributed by atoms with Crippen molar-refractivity contribution in [1.82, 2.24) is 9.80 Å². The number of carboxylic acids is 1. The van der Waals surface area contributed by atoms with Crippen LogP contribution in [0.25, 0.3) is 0 Å². The number of rotatable bonds is 5. The topological polar surface area (TPSA) is 43.8 Å². The highest BCUT2D eigenvalue weighted by Gasteiger charge is 2.35. The lowest BCUT2D eigenvalue weighted by Crippen LogP contribution is -2.49. The van der Waals surface area contributed by atoms with E-state index in [0.29, 0.717) is 26.2 Å². The summed E-state index contributed by atoms with van der Waals surface area (Å²) in [7, 11) is 0. The number of alkyl halides is 6. The van der Waals surface area contributed by atoms with Gasteiger partial charge in [0.05, 0.1) is 23.7 Å². The summed E-state index contributed by atoms with van der Waals surface area (Å²) in [6.45, 7) is 1.09. The van der Waals surface area contributed by atoms with Gasteiger partial charge in [0, 0.05) is 26.2 Å². The van der Waals surface area contributed by atoms with E-state index in [4.69, 9.17) is 5.11 Å². The van der Waals surface area contributed by atoms with Gasteiger partial charge in [-0.2, -0.15) is 26.3 Å². The molecule has 1 N–H and O–H groups in total. The molecule has 1 saturated heterocycles. The van der Waals surface area contributed by atoms with Crippen molar-refractivity contribution in [3.05, 3.63) is 70.8 Å². The number of piperazine rings is 1. The van der Waals surface area contributed by atoms with Gasteiger partial charge in [-0.1, -0.05) is 24.3 Å². The molecular formula is C21H22Cl2F6N2O2. The number of halogens is 8. The molecule has 1 aliphatic rings. The molecule has 1 heterocycles. The van der Waals surface area contributed by atoms with Crippen molar-refractivity contribution < 1.29 is 36.2 Å². The first kappa shape index (κ1) is 29.0. The second-order valence-electron chi connectivity index (χ2n) is 7.35. The average Bonchev–Trinajstić information content (AvgIpc) is 2.68. The Bertz CT molecular complexity index is 874. The fourth-order valence-corrected chi connectivity index (χ4v) is 3.76. The fourth-order valence-electron chi connectivity index (χ4n) is 3.76. The van der Waals surface area contributed by atoms with Gasteiger partial charge in [0.2, 0.25) is 0 Å². The average molecular weight is 519 g/mol. The van der Waals surface area contributed by atoms with Gasteiger partial charge in [-0.15, -0.1) is 24.8 Å². The second kappa shape index (κ2) is 11.4. The Kier molecular flexibility index (Phi) is 10.0. The van der Waals surface area contributed by atoms with Crippen LogP contribution < -0.4 is 0 Å². The molecule has 184 valence electrons. The van der Waals surface area contributed by atoms with Crippen molar-refractivity contribution in [3.63, 3.8) is 0 Å². The van der Waals surface area contributed by atoms with Gasteiger partial charge in [-0.3, -0.25) is 14.6 Å². The normalized spacial score (nSPS) is 15.6. The van der Waals surface area contributed by atoms with E-state index in [0.717, 1.165) is 24.3 Å². The van der Waals surface area contributed by atoms with Crippen LogP contribution in [0.15, 0.2) is 48.5 Å². The zero-order chi connectivity index (χ0) is 22.8. The molecule has 1 fully saturated rings. The van der Waals surface area contributed by atoms with Gasteiger partial charge in [0.1, 0.15) is 0 Å². The Hall–Kier alpha value is -2.01. The van der Waals surface area contributed by atoms with Gasteiger partial charge < -0.3 is 5.11 Å². The first-order valence-corrected chi connectivity index (χ1v) is 9.47. The van der Waals surface area contributed by atoms with Crippen LogP contribution in [0.4, 0.5) is 26.3 Å².